The molecule has 1 saturated heterocycles. The molecule has 1 rings (SSSR count). The van der Waals surface area contributed by atoms with E-state index in [1.54, 1.807) is 4.90 Å². The Morgan fingerprint density at radius 3 is 2.05 bits per heavy atom. The van der Waals surface area contributed by atoms with Gasteiger partial charge in [-0.25, -0.2) is 0 Å². The molecule has 0 aromatic rings. The minimum atomic E-state index is -0.0175. The summed E-state index contributed by atoms with van der Waals surface area (Å²) >= 11 is 0. The predicted octanol–water partition coefficient (Wildman–Crippen LogP) is -0.748. The van der Waals surface area contributed by atoms with Crippen molar-refractivity contribution in [2.24, 2.45) is 0 Å². The number of aliphatic hydroxyl groups is 1. The van der Waals surface area contributed by atoms with E-state index >= 15 is 0 Å². The molecule has 1 aliphatic heterocycles. The lowest BCUT2D eigenvalue weighted by atomic mass is 10.3. The Kier molecular flexibility index (Phi) is 8.37. The van der Waals surface area contributed by atoms with Crippen molar-refractivity contribution in [3.8, 4) is 12.1 Å². The van der Waals surface area contributed by atoms with Gasteiger partial charge in [0.05, 0.1) is 38.1 Å². The number of hydrogen-bond acceptors (Lipinski definition) is 6. The van der Waals surface area contributed by atoms with E-state index in [0.717, 1.165) is 26.2 Å². The van der Waals surface area contributed by atoms with Crippen molar-refractivity contribution in [2.45, 2.75) is 12.8 Å². The summed E-state index contributed by atoms with van der Waals surface area (Å²) in [6, 6.07) is 4.06. The molecule has 0 aliphatic carbocycles. The normalized spacial score (nSPS) is 16.1. The third-order valence-corrected chi connectivity index (χ3v) is 3.58. The monoisotopic (exact) mass is 293 g/mol. The van der Waals surface area contributed by atoms with Gasteiger partial charge in [0.15, 0.2) is 0 Å². The van der Waals surface area contributed by atoms with E-state index in [1.165, 1.54) is 0 Å². The summed E-state index contributed by atoms with van der Waals surface area (Å²) in [7, 11) is 0. The number of nitriles is 2. The van der Waals surface area contributed by atoms with E-state index < -0.39 is 0 Å². The first-order chi connectivity index (χ1) is 10.2. The Labute approximate surface area is 125 Å². The van der Waals surface area contributed by atoms with Gasteiger partial charge >= 0.3 is 0 Å². The van der Waals surface area contributed by atoms with Crippen LogP contribution in [0.15, 0.2) is 0 Å². The molecule has 1 N–H and O–H groups in total. The molecular weight excluding hydrogens is 270 g/mol. The molecule has 1 heterocycles. The van der Waals surface area contributed by atoms with Crippen LogP contribution in [-0.4, -0.2) is 84.7 Å². The molecule has 0 spiro atoms. The van der Waals surface area contributed by atoms with Gasteiger partial charge < -0.3 is 10.0 Å². The number of carbonyl (C=O) groups is 1. The lowest BCUT2D eigenvalue weighted by Gasteiger charge is -2.35. The van der Waals surface area contributed by atoms with E-state index in [4.69, 9.17) is 15.6 Å². The van der Waals surface area contributed by atoms with Crippen LogP contribution in [0.5, 0.6) is 0 Å². The maximum absolute atomic E-state index is 12.2. The van der Waals surface area contributed by atoms with Gasteiger partial charge in [0.2, 0.25) is 5.91 Å². The summed E-state index contributed by atoms with van der Waals surface area (Å²) in [6.07, 6.45) is 0.586. The predicted molar refractivity (Wildman–Crippen MR) is 77.0 cm³/mol. The second-order valence-electron chi connectivity index (χ2n) is 5.04. The summed E-state index contributed by atoms with van der Waals surface area (Å²) in [5, 5.41) is 26.2. The number of amides is 1. The molecule has 1 amide bonds. The minimum absolute atomic E-state index is 0.0175. The molecule has 0 atom stereocenters. The highest BCUT2D eigenvalue weighted by Crippen LogP contribution is 2.03. The fourth-order valence-corrected chi connectivity index (χ4v) is 2.33. The molecule has 7 nitrogen and oxygen atoms in total. The number of nitrogens with zero attached hydrogens (tertiary/aromatic N) is 5. The number of piperazine rings is 1. The van der Waals surface area contributed by atoms with Gasteiger partial charge in [-0.1, -0.05) is 0 Å². The Balaban J connectivity index is 2.39. The van der Waals surface area contributed by atoms with Crippen molar-refractivity contribution in [1.29, 1.82) is 10.5 Å². The lowest BCUT2D eigenvalue weighted by Crippen LogP contribution is -2.50. The van der Waals surface area contributed by atoms with Crippen LogP contribution in [0, 0.1) is 22.7 Å². The topological polar surface area (TPSA) is 94.6 Å². The highest BCUT2D eigenvalue weighted by Gasteiger charge is 2.21. The molecule has 0 bridgehead atoms. The Morgan fingerprint density at radius 2 is 1.57 bits per heavy atom. The summed E-state index contributed by atoms with van der Waals surface area (Å²) in [5.41, 5.74) is 0. The van der Waals surface area contributed by atoms with E-state index in [0.29, 0.717) is 39.0 Å². The summed E-state index contributed by atoms with van der Waals surface area (Å²) < 4.78 is 0. The van der Waals surface area contributed by atoms with Crippen molar-refractivity contribution in [3.63, 3.8) is 0 Å². The first-order valence-electron chi connectivity index (χ1n) is 7.28. The van der Waals surface area contributed by atoms with Crippen LogP contribution in [0.25, 0.3) is 0 Å². The SMILES string of the molecule is N#CCCN(CCC#N)C(=O)CN1CCN(CCO)CC1. The minimum Gasteiger partial charge on any atom is -0.395 e. The second-order valence-corrected chi connectivity index (χ2v) is 5.04. The van der Waals surface area contributed by atoms with Crippen LogP contribution in [-0.2, 0) is 4.79 Å². The van der Waals surface area contributed by atoms with Gasteiger partial charge in [-0.05, 0) is 0 Å². The molecule has 0 saturated carbocycles. The quantitative estimate of drug-likeness (QED) is 0.633. The fourth-order valence-electron chi connectivity index (χ4n) is 2.33. The molecule has 116 valence electrons. The van der Waals surface area contributed by atoms with Crippen LogP contribution < -0.4 is 0 Å². The highest BCUT2D eigenvalue weighted by molar-refractivity contribution is 5.78. The molecule has 0 unspecified atom stereocenters. The Bertz CT molecular complexity index is 375. The van der Waals surface area contributed by atoms with Crippen LogP contribution in [0.2, 0.25) is 0 Å². The summed E-state index contributed by atoms with van der Waals surface area (Å²) in [6.45, 7) is 5.26. The molecule has 0 aromatic heterocycles. The van der Waals surface area contributed by atoms with Crippen LogP contribution in [0.4, 0.5) is 0 Å². The largest absolute Gasteiger partial charge is 0.395 e. The summed E-state index contributed by atoms with van der Waals surface area (Å²) in [4.78, 5) is 18.1. The van der Waals surface area contributed by atoms with Crippen molar-refractivity contribution >= 4 is 5.91 Å². The van der Waals surface area contributed by atoms with Crippen molar-refractivity contribution in [1.82, 2.24) is 14.7 Å². The zero-order chi connectivity index (χ0) is 15.5. The van der Waals surface area contributed by atoms with E-state index in [9.17, 15) is 4.79 Å². The molecule has 0 radical (unpaired) electrons. The number of β-amino-alcohol motifs (C(OH)–C–C–N with tert-alkyl or cyclic N) is 1. The zero-order valence-electron chi connectivity index (χ0n) is 12.4. The molecule has 0 aromatic carbocycles. The number of rotatable bonds is 8. The molecule has 1 fully saturated rings. The third kappa shape index (κ3) is 6.54. The number of hydrogen-bond donors (Lipinski definition) is 1. The zero-order valence-corrected chi connectivity index (χ0v) is 12.4. The number of aliphatic hydroxyl groups excluding tert-OH is 1. The van der Waals surface area contributed by atoms with Crippen LogP contribution >= 0.6 is 0 Å². The van der Waals surface area contributed by atoms with Gasteiger partial charge in [0.1, 0.15) is 0 Å². The molecule has 7 heteroatoms. The first-order valence-corrected chi connectivity index (χ1v) is 7.28. The van der Waals surface area contributed by atoms with Crippen LogP contribution in [0.1, 0.15) is 12.8 Å². The van der Waals surface area contributed by atoms with E-state index in [-0.39, 0.29) is 12.5 Å². The maximum Gasteiger partial charge on any atom is 0.236 e. The van der Waals surface area contributed by atoms with E-state index in [1.807, 2.05) is 12.1 Å². The van der Waals surface area contributed by atoms with Crippen molar-refractivity contribution < 1.29 is 9.90 Å². The highest BCUT2D eigenvalue weighted by atomic mass is 16.3. The van der Waals surface area contributed by atoms with Crippen LogP contribution in [0.3, 0.4) is 0 Å². The third-order valence-electron chi connectivity index (χ3n) is 3.58. The lowest BCUT2D eigenvalue weighted by molar-refractivity contribution is -0.132. The summed E-state index contributed by atoms with van der Waals surface area (Å²) in [5.74, 6) is -0.0175. The van der Waals surface area contributed by atoms with Crippen molar-refractivity contribution in [2.75, 3.05) is 59.0 Å². The van der Waals surface area contributed by atoms with Crippen molar-refractivity contribution in [3.05, 3.63) is 0 Å². The molecule has 1 aliphatic rings. The first kappa shape index (κ1) is 17.4. The average Bonchev–Trinajstić information content (AvgIpc) is 2.49. The Morgan fingerprint density at radius 1 is 1.05 bits per heavy atom. The smallest absolute Gasteiger partial charge is 0.236 e. The van der Waals surface area contributed by atoms with Gasteiger partial charge in [-0.2, -0.15) is 10.5 Å². The fraction of sp³-hybridized carbons (Fsp3) is 0.786. The average molecular weight is 293 g/mol. The Hall–Kier alpha value is -1.67. The van der Waals surface area contributed by atoms with Gasteiger partial charge in [0.25, 0.3) is 0 Å². The number of carbonyl (C=O) groups excluding carboxylic acids is 1. The van der Waals surface area contributed by atoms with Gasteiger partial charge in [-0.15, -0.1) is 0 Å². The maximum atomic E-state index is 12.2. The van der Waals surface area contributed by atoms with Gasteiger partial charge in [-0.3, -0.25) is 14.6 Å². The molecular formula is C14H23N5O2. The molecule has 21 heavy (non-hydrogen) atoms. The second kappa shape index (κ2) is 10.1. The van der Waals surface area contributed by atoms with Gasteiger partial charge in [0, 0.05) is 45.8 Å². The standard InChI is InChI=1S/C14H23N5O2/c15-3-1-5-19(6-2-4-16)14(21)13-18-9-7-17(8-10-18)11-12-20/h20H,1-2,5-13H2. The van der Waals surface area contributed by atoms with E-state index in [2.05, 4.69) is 9.80 Å².